The second-order valence-corrected chi connectivity index (χ2v) is 9.08. The Kier molecular flexibility index (Phi) is 4.09. The number of thiophene rings is 1. The van der Waals surface area contributed by atoms with Gasteiger partial charge in [0, 0.05) is 10.6 Å². The third kappa shape index (κ3) is 2.48. The second kappa shape index (κ2) is 6.49. The molecular formula is C20H20N4OS2. The molecule has 0 bridgehead atoms. The van der Waals surface area contributed by atoms with E-state index < -0.39 is 0 Å². The predicted octanol–water partition coefficient (Wildman–Crippen LogP) is 4.39. The zero-order valence-electron chi connectivity index (χ0n) is 15.4. The Morgan fingerprint density at radius 2 is 2.07 bits per heavy atom. The lowest BCUT2D eigenvalue weighted by atomic mass is 10.1. The van der Waals surface area contributed by atoms with Gasteiger partial charge in [-0.25, -0.2) is 8.97 Å². The van der Waals surface area contributed by atoms with Gasteiger partial charge in [0.2, 0.25) is 5.78 Å². The molecule has 0 saturated carbocycles. The average molecular weight is 397 g/mol. The van der Waals surface area contributed by atoms with Crippen molar-refractivity contribution in [2.75, 3.05) is 5.75 Å². The van der Waals surface area contributed by atoms with E-state index in [0.717, 1.165) is 58.1 Å². The van der Waals surface area contributed by atoms with Gasteiger partial charge in [0.15, 0.2) is 5.16 Å². The van der Waals surface area contributed by atoms with Crippen molar-refractivity contribution < 1.29 is 0 Å². The lowest BCUT2D eigenvalue weighted by molar-refractivity contribution is 0.909. The third-order valence-electron chi connectivity index (χ3n) is 5.13. The minimum atomic E-state index is 0.0330. The predicted molar refractivity (Wildman–Crippen MR) is 112 cm³/mol. The number of nitrogens with zero attached hydrogens (tertiary/aromatic N) is 4. The molecule has 138 valence electrons. The van der Waals surface area contributed by atoms with Crippen molar-refractivity contribution >= 4 is 39.1 Å². The molecule has 0 N–H and O–H groups in total. The zero-order chi connectivity index (χ0) is 18.5. The largest absolute Gasteiger partial charge is 0.268 e. The van der Waals surface area contributed by atoms with E-state index >= 15 is 0 Å². The number of benzene rings is 1. The third-order valence-corrected chi connectivity index (χ3v) is 7.54. The highest BCUT2D eigenvalue weighted by molar-refractivity contribution is 7.99. The summed E-state index contributed by atoms with van der Waals surface area (Å²) in [7, 11) is 0. The van der Waals surface area contributed by atoms with E-state index in [1.54, 1.807) is 27.7 Å². The minimum Gasteiger partial charge on any atom is -0.268 e. The molecule has 7 heteroatoms. The summed E-state index contributed by atoms with van der Waals surface area (Å²) in [5.74, 6) is 1.59. The van der Waals surface area contributed by atoms with Crippen LogP contribution in [0.2, 0.25) is 0 Å². The van der Waals surface area contributed by atoms with Gasteiger partial charge in [-0.05, 0) is 49.8 Å². The molecule has 0 spiro atoms. The lowest BCUT2D eigenvalue weighted by Crippen LogP contribution is -2.22. The van der Waals surface area contributed by atoms with Crippen LogP contribution in [-0.2, 0) is 12.8 Å². The van der Waals surface area contributed by atoms with Crippen molar-refractivity contribution in [2.24, 2.45) is 0 Å². The Morgan fingerprint density at radius 3 is 2.89 bits per heavy atom. The maximum atomic E-state index is 13.6. The van der Waals surface area contributed by atoms with Crippen molar-refractivity contribution in [1.82, 2.24) is 19.2 Å². The van der Waals surface area contributed by atoms with E-state index in [0.29, 0.717) is 5.78 Å². The summed E-state index contributed by atoms with van der Waals surface area (Å²) < 4.78 is 3.86. The van der Waals surface area contributed by atoms with Crippen LogP contribution >= 0.6 is 23.1 Å². The maximum absolute atomic E-state index is 13.6. The summed E-state index contributed by atoms with van der Waals surface area (Å²) in [6, 6.07) is 7.98. The van der Waals surface area contributed by atoms with Crippen LogP contribution in [0.25, 0.3) is 21.7 Å². The number of hydrogen-bond acceptors (Lipinski definition) is 5. The molecular weight excluding hydrogens is 376 g/mol. The molecule has 0 radical (unpaired) electrons. The van der Waals surface area contributed by atoms with Crippen LogP contribution < -0.4 is 5.56 Å². The van der Waals surface area contributed by atoms with Gasteiger partial charge in [-0.1, -0.05) is 36.9 Å². The summed E-state index contributed by atoms with van der Waals surface area (Å²) in [5, 5.41) is 10.6. The van der Waals surface area contributed by atoms with E-state index in [2.05, 4.69) is 21.5 Å². The van der Waals surface area contributed by atoms with E-state index in [9.17, 15) is 4.79 Å². The van der Waals surface area contributed by atoms with Crippen LogP contribution in [-0.4, -0.2) is 24.9 Å². The van der Waals surface area contributed by atoms with E-state index in [1.807, 2.05) is 31.2 Å². The monoisotopic (exact) mass is 396 g/mol. The topological polar surface area (TPSA) is 52.2 Å². The van der Waals surface area contributed by atoms with Crippen LogP contribution in [0.5, 0.6) is 0 Å². The Balaban J connectivity index is 1.94. The fraction of sp³-hybridized carbons (Fsp3) is 0.350. The van der Waals surface area contributed by atoms with Crippen LogP contribution in [0.15, 0.2) is 34.2 Å². The second-order valence-electron chi connectivity index (χ2n) is 6.93. The van der Waals surface area contributed by atoms with Crippen molar-refractivity contribution in [3.05, 3.63) is 50.6 Å². The molecule has 3 aromatic heterocycles. The summed E-state index contributed by atoms with van der Waals surface area (Å²) in [6.45, 7) is 4.19. The van der Waals surface area contributed by atoms with Gasteiger partial charge in [-0.3, -0.25) is 4.79 Å². The molecule has 4 aromatic rings. The maximum Gasteiger partial charge on any atom is 0.268 e. The number of aromatic nitrogens is 4. The molecule has 0 amide bonds. The highest BCUT2D eigenvalue weighted by atomic mass is 32.2. The zero-order valence-corrected chi connectivity index (χ0v) is 17.0. The van der Waals surface area contributed by atoms with Crippen molar-refractivity contribution in [3.63, 3.8) is 0 Å². The number of para-hydroxylation sites is 1. The highest BCUT2D eigenvalue weighted by Crippen LogP contribution is 2.37. The number of rotatable bonds is 4. The molecule has 1 aliphatic carbocycles. The van der Waals surface area contributed by atoms with Gasteiger partial charge in [0.1, 0.15) is 4.83 Å². The summed E-state index contributed by atoms with van der Waals surface area (Å²) in [4.78, 5) is 16.0. The summed E-state index contributed by atoms with van der Waals surface area (Å²) in [6.07, 6.45) is 4.27. The fourth-order valence-electron chi connectivity index (χ4n) is 3.87. The molecule has 0 saturated heterocycles. The first-order valence-corrected chi connectivity index (χ1v) is 11.1. The molecule has 0 fully saturated rings. The van der Waals surface area contributed by atoms with Crippen LogP contribution in [0.3, 0.4) is 0 Å². The van der Waals surface area contributed by atoms with Crippen molar-refractivity contribution in [1.29, 1.82) is 0 Å². The first kappa shape index (κ1) is 17.0. The molecule has 1 aromatic carbocycles. The quantitative estimate of drug-likeness (QED) is 0.480. The summed E-state index contributed by atoms with van der Waals surface area (Å²) >= 11 is 3.45. The first-order valence-electron chi connectivity index (χ1n) is 9.34. The molecule has 3 heterocycles. The Labute approximate surface area is 165 Å². The molecule has 5 rings (SSSR count). The van der Waals surface area contributed by atoms with Crippen molar-refractivity contribution in [2.45, 2.75) is 44.7 Å². The van der Waals surface area contributed by atoms with Gasteiger partial charge >= 0.3 is 0 Å². The van der Waals surface area contributed by atoms with E-state index in [4.69, 9.17) is 0 Å². The Morgan fingerprint density at radius 1 is 1.22 bits per heavy atom. The van der Waals surface area contributed by atoms with Crippen LogP contribution in [0, 0.1) is 6.92 Å². The summed E-state index contributed by atoms with van der Waals surface area (Å²) in [5.41, 5.74) is 3.21. The van der Waals surface area contributed by atoms with Crippen LogP contribution in [0.4, 0.5) is 0 Å². The normalized spacial score (nSPS) is 13.7. The van der Waals surface area contributed by atoms with Gasteiger partial charge in [0.05, 0.1) is 11.1 Å². The molecule has 0 atom stereocenters. The molecule has 0 aliphatic heterocycles. The van der Waals surface area contributed by atoms with E-state index in [1.165, 1.54) is 10.4 Å². The van der Waals surface area contributed by atoms with Crippen LogP contribution in [0.1, 0.15) is 35.8 Å². The number of thioether (sulfide) groups is 1. The lowest BCUT2D eigenvalue weighted by Gasteiger charge is -2.12. The molecule has 0 unspecified atom stereocenters. The number of fused-ring (bicyclic) bond motifs is 5. The van der Waals surface area contributed by atoms with Gasteiger partial charge < -0.3 is 0 Å². The standard InChI is InChI=1S/C20H20N4OS2/c1-3-11-26-20-22-21-19-23(14-9-5-4-7-12(14)2)17(25)16-13-8-6-10-15(13)27-18(16)24(19)20/h4-5,7,9H,3,6,8,10-11H2,1-2H3. The van der Waals surface area contributed by atoms with Gasteiger partial charge in [-0.2, -0.15) is 0 Å². The molecule has 27 heavy (non-hydrogen) atoms. The minimum absolute atomic E-state index is 0.0330. The Bertz CT molecular complexity index is 1230. The SMILES string of the molecule is CCCSc1nnc2n(-c3ccccc3C)c(=O)c3c4c(sc3n12)CCC4. The first-order chi connectivity index (χ1) is 13.2. The number of hydrogen-bond donors (Lipinski definition) is 0. The fourth-order valence-corrected chi connectivity index (χ4v) is 6.10. The van der Waals surface area contributed by atoms with Gasteiger partial charge in [0.25, 0.3) is 5.56 Å². The smallest absolute Gasteiger partial charge is 0.268 e. The molecule has 1 aliphatic rings. The Hall–Kier alpha value is -2.12. The van der Waals surface area contributed by atoms with Gasteiger partial charge in [-0.15, -0.1) is 21.5 Å². The molecule has 5 nitrogen and oxygen atoms in total. The number of aryl methyl sites for hydroxylation is 3. The average Bonchev–Trinajstić information content (AvgIpc) is 3.35. The van der Waals surface area contributed by atoms with E-state index in [-0.39, 0.29) is 5.56 Å². The highest BCUT2D eigenvalue weighted by Gasteiger charge is 2.26. The van der Waals surface area contributed by atoms with Crippen molar-refractivity contribution in [3.8, 4) is 5.69 Å².